The molecule has 0 aromatic carbocycles. The van der Waals surface area contributed by atoms with E-state index in [0.29, 0.717) is 5.92 Å². The lowest BCUT2D eigenvalue weighted by Gasteiger charge is -2.32. The average Bonchev–Trinajstić information content (AvgIpc) is 2.75. The van der Waals surface area contributed by atoms with Gasteiger partial charge in [-0.3, -0.25) is 0 Å². The summed E-state index contributed by atoms with van der Waals surface area (Å²) < 4.78 is 27.1. The Morgan fingerprint density at radius 1 is 1.17 bits per heavy atom. The van der Waals surface area contributed by atoms with E-state index in [1.54, 1.807) is 0 Å². The van der Waals surface area contributed by atoms with E-state index in [0.717, 1.165) is 44.6 Å². The van der Waals surface area contributed by atoms with Crippen molar-refractivity contribution in [1.29, 1.82) is 0 Å². The first-order chi connectivity index (χ1) is 8.46. The number of hydrogen-bond donors (Lipinski definition) is 2. The van der Waals surface area contributed by atoms with Crippen molar-refractivity contribution in [2.45, 2.75) is 58.0 Å². The fourth-order valence-electron chi connectivity index (χ4n) is 3.12. The summed E-state index contributed by atoms with van der Waals surface area (Å²) in [7, 11) is -3.12. The fraction of sp³-hybridized carbons (Fsp3) is 1.00. The molecule has 106 valence electrons. The molecule has 0 aromatic heterocycles. The SMILES string of the molecule is CC1CCC(NS(=O)(=O)CC2CCCN2)CC1C. The molecule has 2 fully saturated rings. The van der Waals surface area contributed by atoms with E-state index in [9.17, 15) is 8.42 Å². The molecule has 2 rings (SSSR count). The van der Waals surface area contributed by atoms with Crippen molar-refractivity contribution in [3.8, 4) is 0 Å². The number of sulfonamides is 1. The van der Waals surface area contributed by atoms with Crippen molar-refractivity contribution in [1.82, 2.24) is 10.0 Å². The lowest BCUT2D eigenvalue weighted by molar-refractivity contribution is 0.241. The summed E-state index contributed by atoms with van der Waals surface area (Å²) in [5, 5.41) is 3.25. The molecule has 0 amide bonds. The summed E-state index contributed by atoms with van der Waals surface area (Å²) in [6.45, 7) is 5.44. The Morgan fingerprint density at radius 2 is 1.94 bits per heavy atom. The zero-order valence-electron chi connectivity index (χ0n) is 11.5. The van der Waals surface area contributed by atoms with Crippen molar-refractivity contribution in [3.05, 3.63) is 0 Å². The van der Waals surface area contributed by atoms with Gasteiger partial charge >= 0.3 is 0 Å². The third kappa shape index (κ3) is 3.93. The van der Waals surface area contributed by atoms with Gasteiger partial charge < -0.3 is 5.32 Å². The van der Waals surface area contributed by atoms with E-state index in [4.69, 9.17) is 0 Å². The molecule has 0 spiro atoms. The Bertz CT molecular complexity index is 363. The van der Waals surface area contributed by atoms with Crippen LogP contribution >= 0.6 is 0 Å². The number of hydrogen-bond acceptors (Lipinski definition) is 3. The Hall–Kier alpha value is -0.130. The molecule has 4 nitrogen and oxygen atoms in total. The lowest BCUT2D eigenvalue weighted by atomic mass is 9.79. The molecule has 4 atom stereocenters. The van der Waals surface area contributed by atoms with Crippen LogP contribution < -0.4 is 10.0 Å². The maximum Gasteiger partial charge on any atom is 0.213 e. The van der Waals surface area contributed by atoms with Crippen LogP contribution in [-0.4, -0.2) is 32.8 Å². The third-order valence-corrected chi connectivity index (χ3v) is 6.06. The van der Waals surface area contributed by atoms with E-state index < -0.39 is 10.0 Å². The molecule has 5 heteroatoms. The summed E-state index contributed by atoms with van der Waals surface area (Å²) in [6, 6.07) is 0.310. The van der Waals surface area contributed by atoms with Crippen LogP contribution in [0.15, 0.2) is 0 Å². The first kappa shape index (κ1) is 14.3. The van der Waals surface area contributed by atoms with E-state index in [-0.39, 0.29) is 17.8 Å². The van der Waals surface area contributed by atoms with Crippen LogP contribution in [0.25, 0.3) is 0 Å². The minimum atomic E-state index is -3.12. The van der Waals surface area contributed by atoms with E-state index in [2.05, 4.69) is 23.9 Å². The Morgan fingerprint density at radius 3 is 2.56 bits per heavy atom. The molecule has 2 N–H and O–H groups in total. The Balaban J connectivity index is 1.84. The smallest absolute Gasteiger partial charge is 0.213 e. The molecule has 1 aliphatic carbocycles. The predicted molar refractivity (Wildman–Crippen MR) is 73.9 cm³/mol. The van der Waals surface area contributed by atoms with E-state index in [1.165, 1.54) is 0 Å². The summed E-state index contributed by atoms with van der Waals surface area (Å²) >= 11 is 0. The molecule has 1 aliphatic heterocycles. The van der Waals surface area contributed by atoms with Gasteiger partial charge in [-0.15, -0.1) is 0 Å². The van der Waals surface area contributed by atoms with Gasteiger partial charge in [0.25, 0.3) is 0 Å². The molecule has 2 aliphatic rings. The summed E-state index contributed by atoms with van der Waals surface area (Å²) in [4.78, 5) is 0. The van der Waals surface area contributed by atoms with Crippen molar-refractivity contribution in [3.63, 3.8) is 0 Å². The molecule has 0 bridgehead atoms. The highest BCUT2D eigenvalue weighted by atomic mass is 32.2. The van der Waals surface area contributed by atoms with Crippen LogP contribution in [0.1, 0.15) is 46.0 Å². The van der Waals surface area contributed by atoms with Crippen LogP contribution in [0.3, 0.4) is 0 Å². The molecule has 0 radical (unpaired) electrons. The minimum absolute atomic E-state index is 0.155. The van der Waals surface area contributed by atoms with Crippen LogP contribution in [0.4, 0.5) is 0 Å². The zero-order chi connectivity index (χ0) is 13.2. The highest BCUT2D eigenvalue weighted by Gasteiger charge is 2.29. The predicted octanol–water partition coefficient (Wildman–Crippen LogP) is 1.48. The second-order valence-electron chi connectivity index (χ2n) is 6.16. The van der Waals surface area contributed by atoms with Gasteiger partial charge in [-0.2, -0.15) is 0 Å². The topological polar surface area (TPSA) is 58.2 Å². The first-order valence-electron chi connectivity index (χ1n) is 7.19. The summed E-state index contributed by atoms with van der Waals surface area (Å²) in [6.07, 6.45) is 5.19. The highest BCUT2D eigenvalue weighted by molar-refractivity contribution is 7.89. The van der Waals surface area contributed by atoms with Crippen LogP contribution in [0.5, 0.6) is 0 Å². The standard InChI is InChI=1S/C13H26N2O2S/c1-10-5-6-12(8-11(10)2)15-18(16,17)9-13-4-3-7-14-13/h10-15H,3-9H2,1-2H3. The third-order valence-electron chi connectivity index (χ3n) is 4.53. The van der Waals surface area contributed by atoms with Gasteiger partial charge in [0.05, 0.1) is 5.75 Å². The molecular formula is C13H26N2O2S. The maximum atomic E-state index is 12.1. The average molecular weight is 274 g/mol. The zero-order valence-corrected chi connectivity index (χ0v) is 12.3. The van der Waals surface area contributed by atoms with E-state index >= 15 is 0 Å². The van der Waals surface area contributed by atoms with Crippen molar-refractivity contribution in [2.75, 3.05) is 12.3 Å². The van der Waals surface area contributed by atoms with Crippen molar-refractivity contribution >= 4 is 10.0 Å². The Kier molecular flexibility index (Phi) is 4.67. The quantitative estimate of drug-likeness (QED) is 0.816. The van der Waals surface area contributed by atoms with Crippen LogP contribution in [0, 0.1) is 11.8 Å². The van der Waals surface area contributed by atoms with Gasteiger partial charge in [-0.25, -0.2) is 13.1 Å². The normalized spacial score (nSPS) is 37.9. The molecule has 1 saturated heterocycles. The lowest BCUT2D eigenvalue weighted by Crippen LogP contribution is -2.44. The van der Waals surface area contributed by atoms with Gasteiger partial charge in [-0.05, 0) is 50.5 Å². The van der Waals surface area contributed by atoms with Gasteiger partial charge in [-0.1, -0.05) is 13.8 Å². The maximum absolute atomic E-state index is 12.1. The number of nitrogens with one attached hydrogen (secondary N) is 2. The van der Waals surface area contributed by atoms with Gasteiger partial charge in [0, 0.05) is 12.1 Å². The number of rotatable bonds is 4. The van der Waals surface area contributed by atoms with Crippen LogP contribution in [-0.2, 0) is 10.0 Å². The second kappa shape index (κ2) is 5.88. The first-order valence-corrected chi connectivity index (χ1v) is 8.85. The van der Waals surface area contributed by atoms with Crippen LogP contribution in [0.2, 0.25) is 0 Å². The monoisotopic (exact) mass is 274 g/mol. The van der Waals surface area contributed by atoms with Crippen molar-refractivity contribution < 1.29 is 8.42 Å². The van der Waals surface area contributed by atoms with Gasteiger partial charge in [0.2, 0.25) is 10.0 Å². The summed E-state index contributed by atoms with van der Waals surface area (Å²) in [5.41, 5.74) is 0. The molecule has 0 aromatic rings. The molecular weight excluding hydrogens is 248 g/mol. The molecule has 1 heterocycles. The Labute approximate surface area is 111 Å². The molecule has 18 heavy (non-hydrogen) atoms. The van der Waals surface area contributed by atoms with Crippen molar-refractivity contribution in [2.24, 2.45) is 11.8 Å². The van der Waals surface area contributed by atoms with Gasteiger partial charge in [0.15, 0.2) is 0 Å². The highest BCUT2D eigenvalue weighted by Crippen LogP contribution is 2.29. The summed E-state index contributed by atoms with van der Waals surface area (Å²) in [5.74, 6) is 1.59. The second-order valence-corrected chi connectivity index (χ2v) is 7.96. The molecule has 4 unspecified atom stereocenters. The minimum Gasteiger partial charge on any atom is -0.313 e. The largest absolute Gasteiger partial charge is 0.313 e. The van der Waals surface area contributed by atoms with E-state index in [1.807, 2.05) is 0 Å². The van der Waals surface area contributed by atoms with Gasteiger partial charge in [0.1, 0.15) is 0 Å². The fourth-order valence-corrected chi connectivity index (χ4v) is 4.75. The molecule has 1 saturated carbocycles.